The maximum absolute atomic E-state index is 13.5. The first-order chi connectivity index (χ1) is 6.57. The fraction of sp³-hybridized carbons (Fsp3) is 0.273. The lowest BCUT2D eigenvalue weighted by atomic mass is 10.0. The third kappa shape index (κ3) is 3.01. The lowest BCUT2D eigenvalue weighted by Crippen LogP contribution is -2.14. The van der Waals surface area contributed by atoms with E-state index in [1.54, 1.807) is 13.0 Å². The number of nitrogens with two attached hydrogens (primary N) is 1. The summed E-state index contributed by atoms with van der Waals surface area (Å²) >= 11 is 0. The fourth-order valence-corrected chi connectivity index (χ4v) is 1.32. The molecule has 0 radical (unpaired) electrons. The number of rotatable bonds is 3. The maximum Gasteiger partial charge on any atom is 0.133 e. The predicted octanol–water partition coefficient (Wildman–Crippen LogP) is 3.27. The van der Waals surface area contributed by atoms with Gasteiger partial charge in [-0.25, -0.2) is 8.78 Å². The van der Waals surface area contributed by atoms with E-state index < -0.39 is 17.7 Å². The molecule has 1 rings (SSSR count). The van der Waals surface area contributed by atoms with E-state index in [1.165, 1.54) is 12.1 Å². The smallest absolute Gasteiger partial charge is 0.133 e. The van der Waals surface area contributed by atoms with E-state index in [1.807, 2.05) is 0 Å². The highest BCUT2D eigenvalue weighted by atomic mass is 35.5. The van der Waals surface area contributed by atoms with Crippen LogP contribution in [0.3, 0.4) is 0 Å². The van der Waals surface area contributed by atoms with Crippen molar-refractivity contribution in [2.45, 2.75) is 19.4 Å². The van der Waals surface area contributed by atoms with Gasteiger partial charge in [-0.05, 0) is 25.0 Å². The summed E-state index contributed by atoms with van der Waals surface area (Å²) in [5.74, 6) is -1.15. The standard InChI is InChI=1S/C11H13F2N.ClH/c1-3-4-9(14)10-8(12)6-5-7(2)11(10)13;/h3,5-6,9H,1,4,14H2,2H3;1H/t9-;/m0./s1. The first kappa shape index (κ1) is 14.1. The molecule has 15 heavy (non-hydrogen) atoms. The van der Waals surface area contributed by atoms with Gasteiger partial charge in [-0.2, -0.15) is 0 Å². The number of aryl methyl sites for hydroxylation is 1. The minimum atomic E-state index is -0.660. The zero-order chi connectivity index (χ0) is 10.7. The summed E-state index contributed by atoms with van der Waals surface area (Å²) in [6, 6.07) is 1.97. The van der Waals surface area contributed by atoms with Crippen LogP contribution < -0.4 is 5.73 Å². The number of halogens is 3. The van der Waals surface area contributed by atoms with E-state index in [0.29, 0.717) is 12.0 Å². The van der Waals surface area contributed by atoms with Crippen LogP contribution in [0.5, 0.6) is 0 Å². The van der Waals surface area contributed by atoms with Gasteiger partial charge >= 0.3 is 0 Å². The first-order valence-corrected chi connectivity index (χ1v) is 4.39. The molecule has 1 aromatic rings. The first-order valence-electron chi connectivity index (χ1n) is 4.39. The zero-order valence-corrected chi connectivity index (χ0v) is 9.28. The highest BCUT2D eigenvalue weighted by Gasteiger charge is 2.16. The van der Waals surface area contributed by atoms with E-state index in [9.17, 15) is 8.78 Å². The summed E-state index contributed by atoms with van der Waals surface area (Å²) in [6.07, 6.45) is 1.91. The Labute approximate surface area is 94.4 Å². The molecule has 0 unspecified atom stereocenters. The maximum atomic E-state index is 13.5. The Morgan fingerprint density at radius 3 is 2.60 bits per heavy atom. The van der Waals surface area contributed by atoms with Gasteiger partial charge in [0.05, 0.1) is 0 Å². The van der Waals surface area contributed by atoms with Crippen molar-refractivity contribution >= 4 is 12.4 Å². The van der Waals surface area contributed by atoms with Crippen molar-refractivity contribution in [1.82, 2.24) is 0 Å². The highest BCUT2D eigenvalue weighted by Crippen LogP contribution is 2.23. The molecular weight excluding hydrogens is 220 g/mol. The summed E-state index contributed by atoms with van der Waals surface area (Å²) in [5.41, 5.74) is 5.98. The Hall–Kier alpha value is -0.930. The van der Waals surface area contributed by atoms with Gasteiger partial charge in [0.2, 0.25) is 0 Å². The third-order valence-corrected chi connectivity index (χ3v) is 2.11. The van der Waals surface area contributed by atoms with Crippen molar-refractivity contribution in [3.8, 4) is 0 Å². The molecule has 0 spiro atoms. The van der Waals surface area contributed by atoms with Crippen molar-refractivity contribution < 1.29 is 8.78 Å². The quantitative estimate of drug-likeness (QED) is 0.797. The molecule has 0 heterocycles. The van der Waals surface area contributed by atoms with Crippen LogP contribution in [0.25, 0.3) is 0 Å². The van der Waals surface area contributed by atoms with E-state index in [4.69, 9.17) is 5.73 Å². The van der Waals surface area contributed by atoms with Crippen LogP contribution >= 0.6 is 12.4 Å². The summed E-state index contributed by atoms with van der Waals surface area (Å²) in [5, 5.41) is 0. The van der Waals surface area contributed by atoms with E-state index >= 15 is 0 Å². The third-order valence-electron chi connectivity index (χ3n) is 2.11. The molecular formula is C11H14ClF2N. The fourth-order valence-electron chi connectivity index (χ4n) is 1.32. The minimum Gasteiger partial charge on any atom is -0.324 e. The van der Waals surface area contributed by atoms with Gasteiger partial charge in [0.1, 0.15) is 11.6 Å². The number of hydrogen-bond acceptors (Lipinski definition) is 1. The molecule has 0 saturated heterocycles. The summed E-state index contributed by atoms with van der Waals surface area (Å²) in [6.45, 7) is 5.07. The largest absolute Gasteiger partial charge is 0.324 e. The Bertz CT molecular complexity index is 353. The van der Waals surface area contributed by atoms with Gasteiger partial charge in [-0.3, -0.25) is 0 Å². The molecule has 0 fully saturated rings. The highest BCUT2D eigenvalue weighted by molar-refractivity contribution is 5.85. The van der Waals surface area contributed by atoms with Crippen LogP contribution in [0.2, 0.25) is 0 Å². The summed E-state index contributed by atoms with van der Waals surface area (Å²) in [4.78, 5) is 0. The van der Waals surface area contributed by atoms with Crippen molar-refractivity contribution in [3.05, 3.63) is 47.5 Å². The molecule has 1 aromatic carbocycles. The predicted molar refractivity (Wildman–Crippen MR) is 60.1 cm³/mol. The Balaban J connectivity index is 0.00000196. The monoisotopic (exact) mass is 233 g/mol. The average Bonchev–Trinajstić information content (AvgIpc) is 2.13. The molecule has 0 aliphatic carbocycles. The average molecular weight is 234 g/mol. The number of hydrogen-bond donors (Lipinski definition) is 1. The Morgan fingerprint density at radius 1 is 1.47 bits per heavy atom. The molecule has 0 aliphatic rings. The van der Waals surface area contributed by atoms with Gasteiger partial charge in [0.15, 0.2) is 0 Å². The summed E-state index contributed by atoms with van der Waals surface area (Å²) < 4.78 is 26.7. The zero-order valence-electron chi connectivity index (χ0n) is 8.47. The Morgan fingerprint density at radius 2 is 2.07 bits per heavy atom. The second-order valence-corrected chi connectivity index (χ2v) is 3.22. The summed E-state index contributed by atoms with van der Waals surface area (Å²) in [7, 11) is 0. The second kappa shape index (κ2) is 5.83. The molecule has 1 nitrogen and oxygen atoms in total. The molecule has 1 atom stereocenters. The lowest BCUT2D eigenvalue weighted by Gasteiger charge is -2.13. The lowest BCUT2D eigenvalue weighted by molar-refractivity contribution is 0.522. The second-order valence-electron chi connectivity index (χ2n) is 3.22. The van der Waals surface area contributed by atoms with Crippen molar-refractivity contribution in [2.75, 3.05) is 0 Å². The number of benzene rings is 1. The molecule has 0 saturated carbocycles. The molecule has 4 heteroatoms. The minimum absolute atomic E-state index is 0. The van der Waals surface area contributed by atoms with Crippen molar-refractivity contribution in [1.29, 1.82) is 0 Å². The van der Waals surface area contributed by atoms with Gasteiger partial charge in [-0.15, -0.1) is 19.0 Å². The van der Waals surface area contributed by atoms with Gasteiger partial charge in [-0.1, -0.05) is 12.1 Å². The van der Waals surface area contributed by atoms with Gasteiger partial charge in [0, 0.05) is 11.6 Å². The van der Waals surface area contributed by atoms with E-state index in [0.717, 1.165) is 0 Å². The molecule has 0 bridgehead atoms. The SMILES string of the molecule is C=CC[C@H](N)c1c(F)ccc(C)c1F.Cl. The molecule has 0 aromatic heterocycles. The molecule has 0 aliphatic heterocycles. The normalized spacial score (nSPS) is 11.7. The topological polar surface area (TPSA) is 26.0 Å². The van der Waals surface area contributed by atoms with Crippen molar-refractivity contribution in [2.24, 2.45) is 5.73 Å². The van der Waals surface area contributed by atoms with E-state index in [-0.39, 0.29) is 18.0 Å². The van der Waals surface area contributed by atoms with Crippen LogP contribution in [0.1, 0.15) is 23.6 Å². The van der Waals surface area contributed by atoms with Gasteiger partial charge in [0.25, 0.3) is 0 Å². The molecule has 2 N–H and O–H groups in total. The van der Waals surface area contributed by atoms with Crippen molar-refractivity contribution in [3.63, 3.8) is 0 Å². The van der Waals surface area contributed by atoms with E-state index in [2.05, 4.69) is 6.58 Å². The van der Waals surface area contributed by atoms with Gasteiger partial charge < -0.3 is 5.73 Å². The van der Waals surface area contributed by atoms with Crippen LogP contribution in [-0.2, 0) is 0 Å². The van der Waals surface area contributed by atoms with Crippen LogP contribution in [0.4, 0.5) is 8.78 Å². The Kier molecular flexibility index (Phi) is 5.47. The van der Waals surface area contributed by atoms with Crippen LogP contribution in [0.15, 0.2) is 24.8 Å². The van der Waals surface area contributed by atoms with Crippen LogP contribution in [-0.4, -0.2) is 0 Å². The molecule has 84 valence electrons. The van der Waals surface area contributed by atoms with Crippen LogP contribution in [0, 0.1) is 18.6 Å². The molecule has 0 amide bonds.